The summed E-state index contributed by atoms with van der Waals surface area (Å²) in [5.41, 5.74) is 14.1. The lowest BCUT2D eigenvalue weighted by molar-refractivity contribution is -0.140. The van der Waals surface area contributed by atoms with E-state index in [0.29, 0.717) is 31.6 Å². The van der Waals surface area contributed by atoms with Crippen LogP contribution in [0.25, 0.3) is 10.9 Å². The van der Waals surface area contributed by atoms with Crippen molar-refractivity contribution in [2.75, 3.05) is 25.1 Å². The summed E-state index contributed by atoms with van der Waals surface area (Å²) in [5, 5.41) is 18.4. The molecule has 0 saturated carbocycles. The zero-order valence-electron chi connectivity index (χ0n) is 25.7. The predicted molar refractivity (Wildman–Crippen MR) is 176 cm³/mol. The third-order valence-electron chi connectivity index (χ3n) is 7.99. The van der Waals surface area contributed by atoms with Gasteiger partial charge in [-0.05, 0) is 67.0 Å². The third kappa shape index (κ3) is 9.01. The van der Waals surface area contributed by atoms with Crippen LogP contribution in [0.4, 0.5) is 0 Å². The number of amides is 5. The van der Waals surface area contributed by atoms with Crippen molar-refractivity contribution in [3.05, 3.63) is 65.9 Å². The highest BCUT2D eigenvalue weighted by Gasteiger charge is 2.37. The molecule has 5 amide bonds. The first kappa shape index (κ1) is 34.3. The van der Waals surface area contributed by atoms with Gasteiger partial charge in [-0.1, -0.05) is 30.3 Å². The number of nitrogens with one attached hydrogen (secondary N) is 4. The topological polar surface area (TPSA) is 213 Å². The van der Waals surface area contributed by atoms with E-state index in [4.69, 9.17) is 11.5 Å². The fraction of sp³-hybridized carbons (Fsp3) is 0.406. The number of rotatable bonds is 15. The first-order chi connectivity index (χ1) is 22.1. The summed E-state index contributed by atoms with van der Waals surface area (Å²) >= 11 is 1.50. The van der Waals surface area contributed by atoms with Crippen molar-refractivity contribution in [3.8, 4) is 5.75 Å². The Morgan fingerprint density at radius 3 is 2.48 bits per heavy atom. The molecule has 13 nitrogen and oxygen atoms in total. The van der Waals surface area contributed by atoms with Crippen molar-refractivity contribution in [1.29, 1.82) is 0 Å². The standard InChI is InChI=1S/C32H41N7O6S/c1-46-14-12-25(38-30(43)23(33)15-19-8-10-21(40)11-9-19)31(44)36-18-28(41)37-26(32(45)39-13-4-7-27(39)29(34)42)16-20-17-35-24-6-3-2-5-22(20)24/h2-3,5-6,8-11,17,23,25-27,35,40H,4,7,12-16,18,33H2,1H3,(H2,34,42)(H,36,44)(H,37,41)(H,38,43)/t23-,25+,26-,27-/m0/s1. The second-order valence-electron chi connectivity index (χ2n) is 11.3. The number of carbonyl (C=O) groups is 5. The van der Waals surface area contributed by atoms with Crippen LogP contribution in [0.15, 0.2) is 54.7 Å². The lowest BCUT2D eigenvalue weighted by Crippen LogP contribution is -2.56. The number of hydrogen-bond donors (Lipinski definition) is 7. The van der Waals surface area contributed by atoms with E-state index in [0.717, 1.165) is 22.0 Å². The van der Waals surface area contributed by atoms with Gasteiger partial charge in [-0.3, -0.25) is 24.0 Å². The molecule has 9 N–H and O–H groups in total. The van der Waals surface area contributed by atoms with Crippen LogP contribution in [0.1, 0.15) is 30.4 Å². The number of benzene rings is 2. The number of thioether (sulfide) groups is 1. The van der Waals surface area contributed by atoms with Gasteiger partial charge in [0, 0.05) is 30.1 Å². The van der Waals surface area contributed by atoms with Crippen LogP contribution in [0.3, 0.4) is 0 Å². The van der Waals surface area contributed by atoms with Gasteiger partial charge < -0.3 is 42.4 Å². The molecular weight excluding hydrogens is 610 g/mol. The van der Waals surface area contributed by atoms with Gasteiger partial charge in [0.2, 0.25) is 29.5 Å². The summed E-state index contributed by atoms with van der Waals surface area (Å²) in [5.74, 6) is -2.08. The Morgan fingerprint density at radius 2 is 1.76 bits per heavy atom. The van der Waals surface area contributed by atoms with Crippen molar-refractivity contribution in [2.24, 2.45) is 11.5 Å². The second kappa shape index (κ2) is 16.1. The maximum absolute atomic E-state index is 13.7. The molecule has 46 heavy (non-hydrogen) atoms. The van der Waals surface area contributed by atoms with Gasteiger partial charge in [0.1, 0.15) is 23.9 Å². The maximum Gasteiger partial charge on any atom is 0.246 e. The van der Waals surface area contributed by atoms with E-state index >= 15 is 0 Å². The molecule has 246 valence electrons. The molecule has 1 fully saturated rings. The average Bonchev–Trinajstić information content (AvgIpc) is 3.70. The second-order valence-corrected chi connectivity index (χ2v) is 12.3. The maximum atomic E-state index is 13.7. The minimum absolute atomic E-state index is 0.0964. The van der Waals surface area contributed by atoms with Gasteiger partial charge in [0.05, 0.1) is 12.6 Å². The van der Waals surface area contributed by atoms with Crippen molar-refractivity contribution >= 4 is 52.2 Å². The van der Waals surface area contributed by atoms with Crippen molar-refractivity contribution in [1.82, 2.24) is 25.8 Å². The first-order valence-electron chi connectivity index (χ1n) is 15.1. The van der Waals surface area contributed by atoms with Crippen molar-refractivity contribution in [3.63, 3.8) is 0 Å². The number of fused-ring (bicyclic) bond motifs is 1. The zero-order valence-corrected chi connectivity index (χ0v) is 26.5. The van der Waals surface area contributed by atoms with Gasteiger partial charge in [-0.2, -0.15) is 11.8 Å². The molecule has 2 heterocycles. The van der Waals surface area contributed by atoms with Gasteiger partial charge in [0.15, 0.2) is 0 Å². The normalized spacial score (nSPS) is 16.4. The number of aromatic hydroxyl groups is 1. The third-order valence-corrected chi connectivity index (χ3v) is 8.64. The number of likely N-dealkylation sites (tertiary alicyclic amines) is 1. The Balaban J connectivity index is 1.40. The van der Waals surface area contributed by atoms with Crippen LogP contribution >= 0.6 is 11.8 Å². The molecule has 0 aliphatic carbocycles. The highest BCUT2D eigenvalue weighted by Crippen LogP contribution is 2.22. The van der Waals surface area contributed by atoms with E-state index in [9.17, 15) is 29.1 Å². The predicted octanol–water partition coefficient (Wildman–Crippen LogP) is 0.301. The van der Waals surface area contributed by atoms with Gasteiger partial charge in [0.25, 0.3) is 0 Å². The fourth-order valence-corrected chi connectivity index (χ4v) is 6.02. The molecule has 2 aromatic carbocycles. The van der Waals surface area contributed by atoms with E-state index in [2.05, 4.69) is 20.9 Å². The number of hydrogen-bond acceptors (Lipinski definition) is 8. The highest BCUT2D eigenvalue weighted by molar-refractivity contribution is 7.98. The summed E-state index contributed by atoms with van der Waals surface area (Å²) in [4.78, 5) is 69.5. The summed E-state index contributed by atoms with van der Waals surface area (Å²) in [6, 6.07) is 10.2. The highest BCUT2D eigenvalue weighted by atomic mass is 32.2. The summed E-state index contributed by atoms with van der Waals surface area (Å²) in [6.07, 6.45) is 5.37. The number of nitrogens with two attached hydrogens (primary N) is 2. The Hall–Kier alpha value is -4.56. The molecule has 0 bridgehead atoms. The minimum Gasteiger partial charge on any atom is -0.508 e. The Morgan fingerprint density at radius 1 is 1.02 bits per heavy atom. The van der Waals surface area contributed by atoms with E-state index in [1.807, 2.05) is 30.5 Å². The van der Waals surface area contributed by atoms with Gasteiger partial charge >= 0.3 is 0 Å². The lowest BCUT2D eigenvalue weighted by Gasteiger charge is -2.28. The molecule has 0 radical (unpaired) electrons. The van der Waals surface area contributed by atoms with E-state index < -0.39 is 60.2 Å². The van der Waals surface area contributed by atoms with Crippen LogP contribution < -0.4 is 27.4 Å². The lowest BCUT2D eigenvalue weighted by atomic mass is 10.0. The van der Waals surface area contributed by atoms with Crippen LogP contribution in [0.5, 0.6) is 5.75 Å². The summed E-state index contributed by atoms with van der Waals surface area (Å²) in [6.45, 7) is -0.101. The van der Waals surface area contributed by atoms with Gasteiger partial charge in [-0.15, -0.1) is 0 Å². The summed E-state index contributed by atoms with van der Waals surface area (Å²) in [7, 11) is 0. The molecule has 4 rings (SSSR count). The number of primary amides is 1. The molecule has 0 spiro atoms. The van der Waals surface area contributed by atoms with Crippen molar-refractivity contribution in [2.45, 2.75) is 56.3 Å². The number of carbonyl (C=O) groups excluding carboxylic acids is 5. The van der Waals surface area contributed by atoms with Crippen LogP contribution in [0.2, 0.25) is 0 Å². The Bertz CT molecular complexity index is 1550. The molecule has 0 unspecified atom stereocenters. The molecule has 1 saturated heterocycles. The molecular formula is C32H41N7O6S. The van der Waals surface area contributed by atoms with E-state index in [1.54, 1.807) is 18.3 Å². The largest absolute Gasteiger partial charge is 0.508 e. The van der Waals surface area contributed by atoms with E-state index in [1.165, 1.54) is 28.8 Å². The number of phenols is 1. The van der Waals surface area contributed by atoms with Crippen LogP contribution in [-0.4, -0.2) is 93.8 Å². The molecule has 1 aliphatic rings. The Labute approximate surface area is 271 Å². The number of para-hydroxylation sites is 1. The molecule has 3 aromatic rings. The molecule has 4 atom stereocenters. The monoisotopic (exact) mass is 651 g/mol. The smallest absolute Gasteiger partial charge is 0.246 e. The van der Waals surface area contributed by atoms with Crippen LogP contribution in [0, 0.1) is 0 Å². The number of H-pyrrole nitrogens is 1. The first-order valence-corrected chi connectivity index (χ1v) is 16.5. The van der Waals surface area contributed by atoms with Crippen LogP contribution in [-0.2, 0) is 36.8 Å². The molecule has 1 aliphatic heterocycles. The average molecular weight is 652 g/mol. The molecule has 14 heteroatoms. The zero-order chi connectivity index (χ0) is 33.2. The van der Waals surface area contributed by atoms with Crippen molar-refractivity contribution < 1.29 is 29.1 Å². The number of aromatic nitrogens is 1. The Kier molecular flexibility index (Phi) is 12.0. The number of nitrogens with zero attached hydrogens (tertiary/aromatic N) is 1. The SMILES string of the molecule is CSCC[C@@H](NC(=O)[C@@H](N)Cc1ccc(O)cc1)C(=O)NCC(=O)N[C@@H](Cc1c[nH]c2ccccc12)C(=O)N1CCC[C@H]1C(N)=O. The summed E-state index contributed by atoms with van der Waals surface area (Å²) < 4.78 is 0. The number of aromatic amines is 1. The quantitative estimate of drug-likeness (QED) is 0.121. The molecule has 1 aromatic heterocycles. The fourth-order valence-electron chi connectivity index (χ4n) is 5.54. The minimum atomic E-state index is -1.02. The van der Waals surface area contributed by atoms with E-state index in [-0.39, 0.29) is 18.6 Å². The van der Waals surface area contributed by atoms with Gasteiger partial charge in [-0.25, -0.2) is 0 Å². The number of phenolic OH excluding ortho intramolecular Hbond substituents is 1.